The fraction of sp³-hybridized carbons (Fsp3) is 0.333. The van der Waals surface area contributed by atoms with Crippen LogP contribution >= 0.6 is 11.6 Å². The normalized spacial score (nSPS) is 14.5. The number of nitrogens with zero attached hydrogens (tertiary/aromatic N) is 3. The molecule has 3 aromatic rings. The summed E-state index contributed by atoms with van der Waals surface area (Å²) >= 11 is 5.99. The summed E-state index contributed by atoms with van der Waals surface area (Å²) in [6.07, 6.45) is 5.65. The van der Waals surface area contributed by atoms with Crippen molar-refractivity contribution in [1.82, 2.24) is 14.9 Å². The Balaban J connectivity index is 1.45. The third-order valence-corrected chi connectivity index (χ3v) is 5.20. The molecule has 140 valence electrons. The Morgan fingerprint density at radius 3 is 2.78 bits per heavy atom. The summed E-state index contributed by atoms with van der Waals surface area (Å²) in [6.45, 7) is 2.82. The second kappa shape index (κ2) is 8.01. The highest BCUT2D eigenvalue weighted by molar-refractivity contribution is 6.30. The number of halogens is 1. The van der Waals surface area contributed by atoms with Gasteiger partial charge in [0, 0.05) is 36.2 Å². The van der Waals surface area contributed by atoms with Crippen molar-refractivity contribution in [3.63, 3.8) is 0 Å². The zero-order chi connectivity index (χ0) is 18.6. The van der Waals surface area contributed by atoms with Gasteiger partial charge in [-0.1, -0.05) is 23.7 Å². The first-order valence-electron chi connectivity index (χ1n) is 9.41. The van der Waals surface area contributed by atoms with Crippen molar-refractivity contribution in [3.8, 4) is 0 Å². The second-order valence-corrected chi connectivity index (χ2v) is 7.42. The molecule has 0 spiro atoms. The van der Waals surface area contributed by atoms with Crippen LogP contribution in [-0.2, 0) is 17.9 Å². The van der Waals surface area contributed by atoms with E-state index in [2.05, 4.69) is 22.3 Å². The van der Waals surface area contributed by atoms with Crippen LogP contribution < -0.4 is 10.2 Å². The summed E-state index contributed by atoms with van der Waals surface area (Å²) in [5.74, 6) is 0.958. The highest BCUT2D eigenvalue weighted by Gasteiger charge is 2.14. The molecule has 0 unspecified atom stereocenters. The van der Waals surface area contributed by atoms with Gasteiger partial charge in [0.2, 0.25) is 5.91 Å². The van der Waals surface area contributed by atoms with Crippen molar-refractivity contribution in [3.05, 3.63) is 59.2 Å². The molecule has 1 aliphatic heterocycles. The molecule has 27 heavy (non-hydrogen) atoms. The highest BCUT2D eigenvalue weighted by Crippen LogP contribution is 2.22. The Hall–Kier alpha value is -2.53. The Morgan fingerprint density at radius 1 is 1.11 bits per heavy atom. The Kier molecular flexibility index (Phi) is 5.30. The Bertz CT molecular complexity index is 946. The number of benzene rings is 1. The lowest BCUT2D eigenvalue weighted by atomic mass is 10.1. The third kappa shape index (κ3) is 4.25. The van der Waals surface area contributed by atoms with Crippen molar-refractivity contribution in [2.45, 2.75) is 32.4 Å². The smallest absolute Gasteiger partial charge is 0.240 e. The van der Waals surface area contributed by atoms with Crippen LogP contribution in [0.25, 0.3) is 11.0 Å². The number of fused-ring (bicyclic) bond motifs is 1. The summed E-state index contributed by atoms with van der Waals surface area (Å²) in [5, 5.41) is 4.68. The molecule has 0 atom stereocenters. The minimum Gasteiger partial charge on any atom is -0.357 e. The van der Waals surface area contributed by atoms with Crippen LogP contribution in [0.15, 0.2) is 48.7 Å². The van der Waals surface area contributed by atoms with E-state index in [9.17, 15) is 4.79 Å². The molecule has 3 heterocycles. The van der Waals surface area contributed by atoms with Gasteiger partial charge in [0.25, 0.3) is 0 Å². The van der Waals surface area contributed by atoms with Gasteiger partial charge in [-0.05, 0) is 55.2 Å². The summed E-state index contributed by atoms with van der Waals surface area (Å²) in [6, 6.07) is 13.7. The van der Waals surface area contributed by atoms with Crippen molar-refractivity contribution in [2.75, 3.05) is 18.0 Å². The van der Waals surface area contributed by atoms with Gasteiger partial charge in [0.05, 0.1) is 0 Å². The van der Waals surface area contributed by atoms with Gasteiger partial charge < -0.3 is 14.8 Å². The van der Waals surface area contributed by atoms with Crippen LogP contribution in [0.4, 0.5) is 5.82 Å². The first-order chi connectivity index (χ1) is 13.2. The largest absolute Gasteiger partial charge is 0.357 e. The number of hydrogen-bond donors (Lipinski definition) is 1. The van der Waals surface area contributed by atoms with Gasteiger partial charge in [-0.3, -0.25) is 4.79 Å². The molecule has 0 saturated carbocycles. The van der Waals surface area contributed by atoms with Crippen molar-refractivity contribution in [2.24, 2.45) is 0 Å². The standard InChI is InChI=1S/C21H23ClN4O/c22-18-6-4-5-16(13-18)14-23-20(27)15-26-12-9-17-7-8-19(24-21(17)26)25-10-2-1-3-11-25/h4-9,12-13H,1-3,10-11,14-15H2,(H,23,27). The van der Waals surface area contributed by atoms with Crippen LogP contribution in [0.3, 0.4) is 0 Å². The number of carbonyl (C=O) groups is 1. The summed E-state index contributed by atoms with van der Waals surface area (Å²) in [4.78, 5) is 19.6. The number of pyridine rings is 1. The van der Waals surface area contributed by atoms with Crippen molar-refractivity contribution >= 4 is 34.4 Å². The molecular weight excluding hydrogens is 360 g/mol. The minimum atomic E-state index is -0.0438. The van der Waals surface area contributed by atoms with Crippen LogP contribution in [0.1, 0.15) is 24.8 Å². The zero-order valence-corrected chi connectivity index (χ0v) is 16.0. The van der Waals surface area contributed by atoms with Gasteiger partial charge in [-0.2, -0.15) is 0 Å². The molecule has 0 bridgehead atoms. The van der Waals surface area contributed by atoms with E-state index >= 15 is 0 Å². The number of amides is 1. The summed E-state index contributed by atoms with van der Waals surface area (Å²) in [5.41, 5.74) is 1.84. The van der Waals surface area contributed by atoms with E-state index in [-0.39, 0.29) is 12.5 Å². The van der Waals surface area contributed by atoms with Crippen LogP contribution in [-0.4, -0.2) is 28.5 Å². The lowest BCUT2D eigenvalue weighted by molar-refractivity contribution is -0.121. The van der Waals surface area contributed by atoms with Gasteiger partial charge in [0.1, 0.15) is 18.0 Å². The molecule has 4 rings (SSSR count). The number of aromatic nitrogens is 2. The molecular formula is C21H23ClN4O. The molecule has 1 N–H and O–H groups in total. The van der Waals surface area contributed by atoms with E-state index in [4.69, 9.17) is 16.6 Å². The minimum absolute atomic E-state index is 0.0438. The molecule has 1 amide bonds. The zero-order valence-electron chi connectivity index (χ0n) is 15.2. The Morgan fingerprint density at radius 2 is 1.96 bits per heavy atom. The number of rotatable bonds is 5. The van der Waals surface area contributed by atoms with Gasteiger partial charge in [0.15, 0.2) is 0 Å². The highest BCUT2D eigenvalue weighted by atomic mass is 35.5. The van der Waals surface area contributed by atoms with Gasteiger partial charge in [-0.25, -0.2) is 4.98 Å². The number of nitrogens with one attached hydrogen (secondary N) is 1. The molecule has 0 aliphatic carbocycles. The average molecular weight is 383 g/mol. The maximum absolute atomic E-state index is 12.4. The molecule has 0 radical (unpaired) electrons. The second-order valence-electron chi connectivity index (χ2n) is 6.98. The maximum Gasteiger partial charge on any atom is 0.240 e. The summed E-state index contributed by atoms with van der Waals surface area (Å²) in [7, 11) is 0. The topological polar surface area (TPSA) is 50.2 Å². The SMILES string of the molecule is O=C(Cn1ccc2ccc(N3CCCCC3)nc21)NCc1cccc(Cl)c1. The monoisotopic (exact) mass is 382 g/mol. The van der Waals surface area contributed by atoms with E-state index in [1.807, 2.05) is 41.1 Å². The van der Waals surface area contributed by atoms with E-state index in [0.717, 1.165) is 35.5 Å². The lowest BCUT2D eigenvalue weighted by Gasteiger charge is -2.27. The average Bonchev–Trinajstić information content (AvgIpc) is 3.09. The van der Waals surface area contributed by atoms with Crippen LogP contribution in [0.2, 0.25) is 5.02 Å². The molecule has 2 aromatic heterocycles. The molecule has 5 nitrogen and oxygen atoms in total. The third-order valence-electron chi connectivity index (χ3n) is 4.97. The predicted molar refractivity (Wildman–Crippen MR) is 109 cm³/mol. The molecule has 1 fully saturated rings. The first-order valence-corrected chi connectivity index (χ1v) is 9.79. The predicted octanol–water partition coefficient (Wildman–Crippen LogP) is 4.00. The van der Waals surface area contributed by atoms with E-state index in [0.29, 0.717) is 11.6 Å². The molecule has 1 aliphatic rings. The van der Waals surface area contributed by atoms with E-state index in [1.54, 1.807) is 0 Å². The van der Waals surface area contributed by atoms with Crippen molar-refractivity contribution < 1.29 is 4.79 Å². The Labute approximate surface area is 163 Å². The number of hydrogen-bond acceptors (Lipinski definition) is 3. The quantitative estimate of drug-likeness (QED) is 0.725. The molecule has 1 saturated heterocycles. The van der Waals surface area contributed by atoms with E-state index in [1.165, 1.54) is 19.3 Å². The fourth-order valence-corrected chi connectivity index (χ4v) is 3.75. The molecule has 1 aromatic carbocycles. The molecule has 6 heteroatoms. The lowest BCUT2D eigenvalue weighted by Crippen LogP contribution is -2.30. The van der Waals surface area contributed by atoms with Gasteiger partial charge >= 0.3 is 0 Å². The first kappa shape index (κ1) is 17.9. The van der Waals surface area contributed by atoms with Gasteiger partial charge in [-0.15, -0.1) is 0 Å². The number of carbonyl (C=O) groups excluding carboxylic acids is 1. The number of anilines is 1. The van der Waals surface area contributed by atoms with Crippen molar-refractivity contribution in [1.29, 1.82) is 0 Å². The van der Waals surface area contributed by atoms with Crippen LogP contribution in [0, 0.1) is 0 Å². The van der Waals surface area contributed by atoms with E-state index < -0.39 is 0 Å². The van der Waals surface area contributed by atoms with Crippen LogP contribution in [0.5, 0.6) is 0 Å². The fourth-order valence-electron chi connectivity index (χ4n) is 3.54. The number of piperidine rings is 1. The maximum atomic E-state index is 12.4. The summed E-state index contributed by atoms with van der Waals surface area (Å²) < 4.78 is 1.91.